The molecule has 0 unspecified atom stereocenters. The molecule has 5 aromatic rings. The summed E-state index contributed by atoms with van der Waals surface area (Å²) in [6.07, 6.45) is 9.40. The van der Waals surface area contributed by atoms with E-state index in [-0.39, 0.29) is 29.9 Å². The quantitative estimate of drug-likeness (QED) is 0.0467. The summed E-state index contributed by atoms with van der Waals surface area (Å²) in [7, 11) is 2.04. The predicted molar refractivity (Wildman–Crippen MR) is 300 cm³/mol. The smallest absolute Gasteiger partial charge is 0.344 e. The Morgan fingerprint density at radius 2 is 1.57 bits per heavy atom. The zero-order chi connectivity index (χ0) is 55.7. The molecule has 1 aromatic heterocycles. The number of likely N-dealkylation sites (N-methyl/N-ethyl adjacent to an activating group) is 1. The highest BCUT2D eigenvalue weighted by atomic mass is 32.2. The summed E-state index contributed by atoms with van der Waals surface area (Å²) in [6, 6.07) is 28.0. The van der Waals surface area contributed by atoms with Gasteiger partial charge in [0.25, 0.3) is 10.1 Å². The van der Waals surface area contributed by atoms with Gasteiger partial charge in [-0.2, -0.15) is 8.42 Å². The van der Waals surface area contributed by atoms with Crippen LogP contribution in [0.4, 0.5) is 5.69 Å². The van der Waals surface area contributed by atoms with E-state index in [9.17, 15) is 23.1 Å². The number of methoxy groups -OCH3 is 3. The molecule has 5 heterocycles. The van der Waals surface area contributed by atoms with E-state index >= 15 is 4.79 Å². The lowest BCUT2D eigenvalue weighted by molar-refractivity contribution is -0.228. The van der Waals surface area contributed by atoms with Crippen LogP contribution in [0, 0.1) is 23.7 Å². The van der Waals surface area contributed by atoms with Crippen molar-refractivity contribution in [1.82, 2.24) is 14.8 Å². The average molecular weight is 1100 g/mol. The van der Waals surface area contributed by atoms with Crippen molar-refractivity contribution in [2.75, 3.05) is 66.1 Å². The zero-order valence-corrected chi connectivity index (χ0v) is 47.5. The van der Waals surface area contributed by atoms with Gasteiger partial charge >= 0.3 is 17.9 Å². The van der Waals surface area contributed by atoms with Crippen molar-refractivity contribution >= 4 is 44.6 Å². The summed E-state index contributed by atoms with van der Waals surface area (Å²) in [5.74, 6) is -1.87. The number of ether oxygens (including phenoxy) is 4. The Kier molecular flexibility index (Phi) is 14.5. The molecule has 0 amide bonds. The van der Waals surface area contributed by atoms with E-state index < -0.39 is 67.4 Å². The fourth-order valence-corrected chi connectivity index (χ4v) is 17.4. The van der Waals surface area contributed by atoms with E-state index in [1.807, 2.05) is 56.1 Å². The Morgan fingerprint density at radius 1 is 0.848 bits per heavy atom. The van der Waals surface area contributed by atoms with Crippen LogP contribution in [-0.4, -0.2) is 131 Å². The normalized spacial score (nSPS) is 29.3. The van der Waals surface area contributed by atoms with Crippen LogP contribution in [-0.2, 0) is 66.7 Å². The molecule has 16 heteroatoms. The fraction of sp³-hybridized carbons (Fsp3) is 0.508. The third kappa shape index (κ3) is 8.72. The zero-order valence-electron chi connectivity index (χ0n) is 46.7. The first-order chi connectivity index (χ1) is 37.9. The van der Waals surface area contributed by atoms with Gasteiger partial charge in [0.15, 0.2) is 6.10 Å². The lowest BCUT2D eigenvalue weighted by Gasteiger charge is -2.63. The summed E-state index contributed by atoms with van der Waals surface area (Å²) in [5, 5.41) is 14.6. The predicted octanol–water partition coefficient (Wildman–Crippen LogP) is 8.70. The second kappa shape index (κ2) is 20.8. The molecule has 2 aliphatic carbocycles. The monoisotopic (exact) mass is 1100 g/mol. The van der Waals surface area contributed by atoms with Gasteiger partial charge in [-0.3, -0.25) is 23.6 Å². The van der Waals surface area contributed by atoms with Gasteiger partial charge in [-0.1, -0.05) is 105 Å². The van der Waals surface area contributed by atoms with Crippen LogP contribution in [0.3, 0.4) is 0 Å². The third-order valence-electron chi connectivity index (χ3n) is 19.5. The second-order valence-corrected chi connectivity index (χ2v) is 25.3. The molecule has 1 spiro atoms. The highest BCUT2D eigenvalue weighted by Crippen LogP contribution is 2.68. The van der Waals surface area contributed by atoms with Gasteiger partial charge in [0.05, 0.1) is 38.9 Å². The SMILES string of the molecule is CC[C@]12C=CCN3CC[C@@]4(c5cc([C@@]6(C(=O)OC)C[C@H](CC7(COS(=O)(=O)c8ccc(C)cc8)CCCCC7)CN(Cc7ccccc7)CCc7c6[nH]c6ccccc76)c(OC)cc5N(C)[C@H]4[C@@](O)(C(=O)OC)[C@@H]1OC(C)=O)[C@@H]32. The maximum absolute atomic E-state index is 16.2. The third-order valence-corrected chi connectivity index (χ3v) is 20.7. The topological polar surface area (TPSA) is 177 Å². The number of H-pyrrole nitrogens is 1. The van der Waals surface area contributed by atoms with Gasteiger partial charge < -0.3 is 33.9 Å². The number of anilines is 1. The first kappa shape index (κ1) is 54.9. The number of aliphatic hydroxyl groups is 1. The molecular weight excluding hydrogens is 1020 g/mol. The maximum atomic E-state index is 16.2. The summed E-state index contributed by atoms with van der Waals surface area (Å²) < 4.78 is 59.1. The van der Waals surface area contributed by atoms with Crippen LogP contribution in [0.15, 0.2) is 108 Å². The summed E-state index contributed by atoms with van der Waals surface area (Å²) in [5.41, 5.74) is 0.172. The number of nitrogens with zero attached hydrogens (tertiary/aromatic N) is 3. The Balaban J connectivity index is 1.15. The van der Waals surface area contributed by atoms with Gasteiger partial charge in [-0.15, -0.1) is 0 Å². The molecule has 2 saturated carbocycles. The Bertz CT molecular complexity index is 3280. The van der Waals surface area contributed by atoms with E-state index in [1.165, 1.54) is 21.1 Å². The van der Waals surface area contributed by atoms with Crippen LogP contribution in [0.2, 0.25) is 0 Å². The average Bonchev–Trinajstić information content (AvgIpc) is 2.01. The number of para-hydroxylation sites is 1. The Morgan fingerprint density at radius 3 is 2.27 bits per heavy atom. The molecule has 0 bridgehead atoms. The number of aromatic nitrogens is 1. The molecule has 420 valence electrons. The number of fused-ring (bicyclic) bond motifs is 4. The van der Waals surface area contributed by atoms with Crippen molar-refractivity contribution in [3.8, 4) is 5.75 Å². The van der Waals surface area contributed by atoms with E-state index in [0.29, 0.717) is 81.1 Å². The van der Waals surface area contributed by atoms with Crippen molar-refractivity contribution in [2.45, 2.75) is 131 Å². The molecule has 4 aliphatic heterocycles. The van der Waals surface area contributed by atoms with Crippen LogP contribution >= 0.6 is 0 Å². The minimum atomic E-state index is -4.13. The van der Waals surface area contributed by atoms with E-state index in [0.717, 1.165) is 65.3 Å². The molecule has 2 N–H and O–H groups in total. The number of hydrogen-bond donors (Lipinski definition) is 2. The number of carbonyl (C=O) groups excluding carboxylic acids is 3. The van der Waals surface area contributed by atoms with Gasteiger partial charge in [0.2, 0.25) is 5.60 Å². The first-order valence-electron chi connectivity index (χ1n) is 28.2. The van der Waals surface area contributed by atoms with Gasteiger partial charge in [-0.25, -0.2) is 4.79 Å². The van der Waals surface area contributed by atoms with Gasteiger partial charge in [0.1, 0.15) is 11.2 Å². The van der Waals surface area contributed by atoms with Crippen molar-refractivity contribution < 1.29 is 51.0 Å². The van der Waals surface area contributed by atoms with Crippen molar-refractivity contribution in [1.29, 1.82) is 0 Å². The molecule has 6 aliphatic rings. The molecule has 11 rings (SSSR count). The second-order valence-electron chi connectivity index (χ2n) is 23.7. The van der Waals surface area contributed by atoms with Crippen molar-refractivity contribution in [2.24, 2.45) is 16.7 Å². The van der Waals surface area contributed by atoms with E-state index in [1.54, 1.807) is 31.4 Å². The number of nitrogens with one attached hydrogen (secondary N) is 1. The Labute approximate surface area is 464 Å². The molecule has 3 fully saturated rings. The fourth-order valence-electron chi connectivity index (χ4n) is 16.4. The molecule has 4 aromatic carbocycles. The van der Waals surface area contributed by atoms with Crippen molar-refractivity contribution in [3.05, 3.63) is 137 Å². The van der Waals surface area contributed by atoms with Gasteiger partial charge in [-0.05, 0) is 111 Å². The highest BCUT2D eigenvalue weighted by molar-refractivity contribution is 7.86. The molecule has 8 atom stereocenters. The number of benzene rings is 4. The number of carbonyl (C=O) groups is 3. The summed E-state index contributed by atoms with van der Waals surface area (Å²) in [4.78, 5) is 55.1. The van der Waals surface area contributed by atoms with E-state index in [4.69, 9.17) is 23.1 Å². The maximum Gasteiger partial charge on any atom is 0.344 e. The minimum absolute atomic E-state index is 0.0113. The number of esters is 3. The van der Waals surface area contributed by atoms with Crippen LogP contribution in [0.25, 0.3) is 10.9 Å². The summed E-state index contributed by atoms with van der Waals surface area (Å²) >= 11 is 0. The lowest BCUT2D eigenvalue weighted by Crippen LogP contribution is -2.81. The number of hydrogen-bond acceptors (Lipinski definition) is 14. The Hall–Kier alpha value is -6.04. The minimum Gasteiger partial charge on any atom is -0.496 e. The first-order valence-corrected chi connectivity index (χ1v) is 29.6. The molecule has 79 heavy (non-hydrogen) atoms. The number of aromatic amines is 1. The van der Waals surface area contributed by atoms with Crippen LogP contribution in [0.1, 0.15) is 105 Å². The van der Waals surface area contributed by atoms with Crippen molar-refractivity contribution in [3.63, 3.8) is 0 Å². The number of aryl methyl sites for hydroxylation is 1. The van der Waals surface area contributed by atoms with Crippen LogP contribution in [0.5, 0.6) is 5.75 Å². The van der Waals surface area contributed by atoms with Gasteiger partial charge in [0, 0.05) is 90.9 Å². The number of rotatable bonds is 14. The van der Waals surface area contributed by atoms with E-state index in [2.05, 4.69) is 63.3 Å². The lowest BCUT2D eigenvalue weighted by atomic mass is 9.47. The molecule has 0 radical (unpaired) electrons. The highest BCUT2D eigenvalue weighted by Gasteiger charge is 2.80. The molecule has 15 nitrogen and oxygen atoms in total. The standard InChI is InChI=1S/C63H76N4O11S/c1-8-60-29-17-31-67-33-30-61(54(60)67)48-34-49(52(74-5)35-51(48)65(4)55(61)63(71,58(70)76-7)56(60)78-42(3)68)62(57(69)75-6)37-44(36-59(27-15-10-16-28-59)40-77-79(72,73)45-24-22-41(2)23-25-45)39-66(38-43-18-11-9-12-19-43)32-26-47-46-20-13-14-21-50(46)64-53(47)62/h9,11-14,17-25,29,34-35,44,54-56,64,71H,8,10,15-16,26-28,30-33,36-40H2,1-7H3/t44-,54-,55+,56+,60+,61+,62-,63-/m0/s1. The molecule has 1 saturated heterocycles. The largest absolute Gasteiger partial charge is 0.496 e. The summed E-state index contributed by atoms with van der Waals surface area (Å²) in [6.45, 7) is 8.31. The molecular formula is C63H76N4O11S. The van der Waals surface area contributed by atoms with Crippen LogP contribution < -0.4 is 9.64 Å².